The second kappa shape index (κ2) is 8.84. The van der Waals surface area contributed by atoms with E-state index in [1.807, 2.05) is 18.4 Å². The highest BCUT2D eigenvalue weighted by Crippen LogP contribution is 2.25. The molecule has 1 aliphatic heterocycles. The van der Waals surface area contributed by atoms with Crippen LogP contribution in [-0.4, -0.2) is 54.7 Å². The van der Waals surface area contributed by atoms with E-state index in [-0.39, 0.29) is 19.0 Å². The monoisotopic (exact) mass is 463 g/mol. The van der Waals surface area contributed by atoms with Crippen LogP contribution < -0.4 is 4.74 Å². The normalized spacial score (nSPS) is 15.3. The lowest BCUT2D eigenvalue weighted by Gasteiger charge is -2.34. The maximum absolute atomic E-state index is 13.1. The number of hydrogen-bond donors (Lipinski definition) is 0. The third kappa shape index (κ3) is 4.41. The number of carbonyl (C=O) groups excluding carboxylic acids is 1. The zero-order valence-corrected chi connectivity index (χ0v) is 18.8. The predicted molar refractivity (Wildman–Crippen MR) is 117 cm³/mol. The highest BCUT2D eigenvalue weighted by molar-refractivity contribution is 7.91. The van der Waals surface area contributed by atoms with Gasteiger partial charge in [0.05, 0.1) is 16.3 Å². The van der Waals surface area contributed by atoms with Crippen LogP contribution in [0.4, 0.5) is 0 Å². The second-order valence-electron chi connectivity index (χ2n) is 6.77. The number of sulfonamides is 1. The summed E-state index contributed by atoms with van der Waals surface area (Å²) in [6, 6.07) is 10.5. The summed E-state index contributed by atoms with van der Waals surface area (Å²) in [5.41, 5.74) is 1.30. The minimum absolute atomic E-state index is 0.159. The Morgan fingerprint density at radius 3 is 2.53 bits per heavy atom. The summed E-state index contributed by atoms with van der Waals surface area (Å²) in [7, 11) is -3.49. The van der Waals surface area contributed by atoms with Gasteiger partial charge in [0.25, 0.3) is 15.9 Å². The Balaban J connectivity index is 1.42. The molecule has 1 aliphatic rings. The van der Waals surface area contributed by atoms with Crippen LogP contribution in [0.15, 0.2) is 51.4 Å². The van der Waals surface area contributed by atoms with Crippen LogP contribution in [0.25, 0.3) is 0 Å². The molecule has 2 aromatic heterocycles. The van der Waals surface area contributed by atoms with Gasteiger partial charge in [-0.2, -0.15) is 4.31 Å². The van der Waals surface area contributed by atoms with Crippen molar-refractivity contribution in [1.82, 2.24) is 14.2 Å². The molecular weight excluding hydrogens is 442 g/mol. The topological polar surface area (TPSA) is 79.8 Å². The number of aromatic nitrogens is 1. The van der Waals surface area contributed by atoms with Gasteiger partial charge in [0.15, 0.2) is 0 Å². The largest absolute Gasteiger partial charge is 0.486 e. The SMILES string of the molecule is Cc1nc(COc2ccccc2C(=O)N2CCN(S(=O)(=O)c3cccs3)CC2)cs1. The van der Waals surface area contributed by atoms with Crippen molar-refractivity contribution in [2.45, 2.75) is 17.7 Å². The Bertz CT molecular complexity index is 1120. The molecule has 1 aromatic carbocycles. The lowest BCUT2D eigenvalue weighted by Crippen LogP contribution is -2.50. The first-order valence-corrected chi connectivity index (χ1v) is 12.6. The Labute approximate surface area is 183 Å². The van der Waals surface area contributed by atoms with Crippen LogP contribution in [0.2, 0.25) is 0 Å². The van der Waals surface area contributed by atoms with Crippen LogP contribution >= 0.6 is 22.7 Å². The van der Waals surface area contributed by atoms with E-state index in [9.17, 15) is 13.2 Å². The van der Waals surface area contributed by atoms with Gasteiger partial charge in [0.2, 0.25) is 0 Å². The fourth-order valence-corrected chi connectivity index (χ4v) is 6.40. The van der Waals surface area contributed by atoms with Crippen LogP contribution in [-0.2, 0) is 16.6 Å². The van der Waals surface area contributed by atoms with Crippen molar-refractivity contribution < 1.29 is 17.9 Å². The van der Waals surface area contributed by atoms with E-state index in [1.54, 1.807) is 51.9 Å². The Morgan fingerprint density at radius 1 is 1.10 bits per heavy atom. The lowest BCUT2D eigenvalue weighted by molar-refractivity contribution is 0.0693. The van der Waals surface area contributed by atoms with Crippen LogP contribution in [0.1, 0.15) is 21.1 Å². The summed E-state index contributed by atoms with van der Waals surface area (Å²) in [4.78, 5) is 19.1. The average molecular weight is 464 g/mol. The van der Waals surface area contributed by atoms with E-state index >= 15 is 0 Å². The zero-order valence-electron chi connectivity index (χ0n) is 16.4. The molecule has 0 aliphatic carbocycles. The molecule has 1 saturated heterocycles. The molecule has 3 aromatic rings. The van der Waals surface area contributed by atoms with Crippen molar-refractivity contribution in [3.8, 4) is 5.75 Å². The molecule has 0 spiro atoms. The van der Waals surface area contributed by atoms with E-state index in [4.69, 9.17) is 4.74 Å². The van der Waals surface area contributed by atoms with Crippen molar-refractivity contribution in [2.75, 3.05) is 26.2 Å². The third-order valence-corrected chi connectivity index (χ3v) is 8.87. The first-order chi connectivity index (χ1) is 14.4. The third-order valence-electron chi connectivity index (χ3n) is 4.77. The fourth-order valence-electron chi connectivity index (χ4n) is 3.23. The molecule has 7 nitrogen and oxygen atoms in total. The lowest BCUT2D eigenvalue weighted by atomic mass is 10.1. The van der Waals surface area contributed by atoms with E-state index in [1.165, 1.54) is 15.6 Å². The van der Waals surface area contributed by atoms with Gasteiger partial charge in [-0.25, -0.2) is 13.4 Å². The molecule has 0 unspecified atom stereocenters. The number of hydrogen-bond acceptors (Lipinski definition) is 7. The Morgan fingerprint density at radius 2 is 1.87 bits per heavy atom. The maximum atomic E-state index is 13.1. The number of nitrogens with zero attached hydrogens (tertiary/aromatic N) is 3. The minimum atomic E-state index is -3.49. The van der Waals surface area contributed by atoms with E-state index in [2.05, 4.69) is 4.98 Å². The summed E-state index contributed by atoms with van der Waals surface area (Å²) in [6.07, 6.45) is 0. The summed E-state index contributed by atoms with van der Waals surface area (Å²) in [5.74, 6) is 0.343. The molecule has 0 bridgehead atoms. The quantitative estimate of drug-likeness (QED) is 0.561. The molecule has 1 fully saturated rings. The maximum Gasteiger partial charge on any atom is 0.257 e. The summed E-state index contributed by atoms with van der Waals surface area (Å²) >= 11 is 2.76. The number of aryl methyl sites for hydroxylation is 1. The number of thiazole rings is 1. The smallest absolute Gasteiger partial charge is 0.257 e. The number of piperazine rings is 1. The summed E-state index contributed by atoms with van der Waals surface area (Å²) < 4.78 is 33.0. The summed E-state index contributed by atoms with van der Waals surface area (Å²) in [5, 5.41) is 4.65. The van der Waals surface area contributed by atoms with Crippen LogP contribution in [0.5, 0.6) is 5.75 Å². The summed E-state index contributed by atoms with van der Waals surface area (Å²) in [6.45, 7) is 3.44. The number of benzene rings is 1. The van der Waals surface area contributed by atoms with E-state index in [0.29, 0.717) is 35.2 Å². The average Bonchev–Trinajstić information content (AvgIpc) is 3.44. The van der Waals surface area contributed by atoms with Gasteiger partial charge in [-0.05, 0) is 30.5 Å². The van der Waals surface area contributed by atoms with Crippen molar-refractivity contribution in [2.24, 2.45) is 0 Å². The second-order valence-corrected chi connectivity index (χ2v) is 10.9. The van der Waals surface area contributed by atoms with Gasteiger partial charge < -0.3 is 9.64 Å². The molecule has 10 heteroatoms. The van der Waals surface area contributed by atoms with Gasteiger partial charge >= 0.3 is 0 Å². The number of para-hydroxylation sites is 1. The zero-order chi connectivity index (χ0) is 21.1. The van der Waals surface area contributed by atoms with Crippen molar-refractivity contribution >= 4 is 38.6 Å². The highest BCUT2D eigenvalue weighted by atomic mass is 32.2. The number of ether oxygens (including phenoxy) is 1. The molecule has 0 saturated carbocycles. The first kappa shape index (κ1) is 21.0. The van der Waals surface area contributed by atoms with E-state index in [0.717, 1.165) is 10.7 Å². The molecule has 0 atom stereocenters. The van der Waals surface area contributed by atoms with Crippen molar-refractivity contribution in [3.63, 3.8) is 0 Å². The van der Waals surface area contributed by atoms with Crippen molar-refractivity contribution in [1.29, 1.82) is 0 Å². The van der Waals surface area contributed by atoms with Gasteiger partial charge in [-0.3, -0.25) is 4.79 Å². The van der Waals surface area contributed by atoms with E-state index < -0.39 is 10.0 Å². The molecule has 0 radical (unpaired) electrons. The molecule has 3 heterocycles. The van der Waals surface area contributed by atoms with Crippen LogP contribution in [0, 0.1) is 6.92 Å². The number of amides is 1. The number of thiophene rings is 1. The Kier molecular flexibility index (Phi) is 6.19. The fraction of sp³-hybridized carbons (Fsp3) is 0.300. The molecule has 30 heavy (non-hydrogen) atoms. The highest BCUT2D eigenvalue weighted by Gasteiger charge is 2.31. The van der Waals surface area contributed by atoms with Gasteiger partial charge in [0, 0.05) is 31.6 Å². The standard InChI is InChI=1S/C20H21N3O4S3/c1-15-21-16(14-29-15)13-27-18-6-3-2-5-17(18)20(24)22-8-10-23(11-9-22)30(25,26)19-7-4-12-28-19/h2-7,12,14H,8-11,13H2,1H3. The van der Waals surface area contributed by atoms with Gasteiger partial charge in [-0.1, -0.05) is 18.2 Å². The molecule has 158 valence electrons. The first-order valence-electron chi connectivity index (χ1n) is 9.41. The van der Waals surface area contributed by atoms with Crippen molar-refractivity contribution in [3.05, 3.63) is 63.4 Å². The minimum Gasteiger partial charge on any atom is -0.486 e. The molecular formula is C20H21N3O4S3. The number of carbonyl (C=O) groups is 1. The molecule has 0 N–H and O–H groups in total. The van der Waals surface area contributed by atoms with Gasteiger partial charge in [-0.15, -0.1) is 22.7 Å². The van der Waals surface area contributed by atoms with Crippen LogP contribution in [0.3, 0.4) is 0 Å². The number of rotatable bonds is 6. The van der Waals surface area contributed by atoms with Gasteiger partial charge in [0.1, 0.15) is 16.6 Å². The Hall–Kier alpha value is -2.27. The molecule has 4 rings (SSSR count). The molecule has 1 amide bonds. The predicted octanol–water partition coefficient (Wildman–Crippen LogP) is 3.24.